The Morgan fingerprint density at radius 1 is 1.12 bits per heavy atom. The molecule has 0 aliphatic carbocycles. The molecular weight excluding hydrogens is 342 g/mol. The Morgan fingerprint density at radius 2 is 1.81 bits per heavy atom. The van der Waals surface area contributed by atoms with Gasteiger partial charge in [-0.1, -0.05) is 0 Å². The molecule has 0 N–H and O–H groups in total. The second-order valence-electron chi connectivity index (χ2n) is 5.42. The monoisotopic (exact) mass is 355 g/mol. The SMILES string of the molecule is Cc1cc(=O)oc2cc(OCC(=O)Oc3ccc([N+](=O)[O-])cc3)ccc12. The topological polar surface area (TPSA) is 109 Å². The summed E-state index contributed by atoms with van der Waals surface area (Å²) in [4.78, 5) is 33.3. The average molecular weight is 355 g/mol. The number of fused-ring (bicyclic) bond motifs is 1. The molecule has 0 radical (unpaired) electrons. The highest BCUT2D eigenvalue weighted by Gasteiger charge is 2.10. The lowest BCUT2D eigenvalue weighted by atomic mass is 10.1. The molecule has 26 heavy (non-hydrogen) atoms. The smallest absolute Gasteiger partial charge is 0.349 e. The van der Waals surface area contributed by atoms with E-state index in [1.54, 1.807) is 19.1 Å². The van der Waals surface area contributed by atoms with Gasteiger partial charge in [-0.25, -0.2) is 9.59 Å². The highest BCUT2D eigenvalue weighted by molar-refractivity contribution is 5.81. The van der Waals surface area contributed by atoms with Gasteiger partial charge in [-0.3, -0.25) is 10.1 Å². The van der Waals surface area contributed by atoms with E-state index in [2.05, 4.69) is 0 Å². The quantitative estimate of drug-likeness (QED) is 0.227. The number of non-ortho nitro benzene ring substituents is 1. The molecule has 0 spiro atoms. The highest BCUT2D eigenvalue weighted by Crippen LogP contribution is 2.22. The van der Waals surface area contributed by atoms with E-state index in [9.17, 15) is 19.7 Å². The van der Waals surface area contributed by atoms with Gasteiger partial charge < -0.3 is 13.9 Å². The number of hydrogen-bond donors (Lipinski definition) is 0. The number of hydrogen-bond acceptors (Lipinski definition) is 7. The molecule has 0 fully saturated rings. The lowest BCUT2D eigenvalue weighted by molar-refractivity contribution is -0.384. The number of rotatable bonds is 5. The molecule has 132 valence electrons. The van der Waals surface area contributed by atoms with Crippen molar-refractivity contribution in [3.05, 3.63) is 74.6 Å². The van der Waals surface area contributed by atoms with E-state index < -0.39 is 16.5 Å². The van der Waals surface area contributed by atoms with Crippen molar-refractivity contribution in [2.45, 2.75) is 6.92 Å². The van der Waals surface area contributed by atoms with Crippen molar-refractivity contribution >= 4 is 22.6 Å². The van der Waals surface area contributed by atoms with Crippen LogP contribution in [-0.4, -0.2) is 17.5 Å². The molecule has 3 rings (SSSR count). The Hall–Kier alpha value is -3.68. The number of esters is 1. The number of nitro groups is 1. The van der Waals surface area contributed by atoms with Crippen molar-refractivity contribution in [2.24, 2.45) is 0 Å². The maximum Gasteiger partial charge on any atom is 0.349 e. The van der Waals surface area contributed by atoms with Gasteiger partial charge in [0.25, 0.3) is 5.69 Å². The Kier molecular flexibility index (Phi) is 4.66. The Labute approximate surface area is 146 Å². The van der Waals surface area contributed by atoms with E-state index in [1.165, 1.54) is 36.4 Å². The molecule has 1 heterocycles. The van der Waals surface area contributed by atoms with Crippen molar-refractivity contribution in [2.75, 3.05) is 6.61 Å². The molecule has 0 saturated carbocycles. The number of nitro benzene ring substituents is 1. The van der Waals surface area contributed by atoms with E-state index in [-0.39, 0.29) is 18.0 Å². The van der Waals surface area contributed by atoms with Crippen molar-refractivity contribution in [3.8, 4) is 11.5 Å². The lowest BCUT2D eigenvalue weighted by Gasteiger charge is -2.08. The summed E-state index contributed by atoms with van der Waals surface area (Å²) < 4.78 is 15.5. The maximum absolute atomic E-state index is 11.8. The predicted octanol–water partition coefficient (Wildman–Crippen LogP) is 2.99. The van der Waals surface area contributed by atoms with Gasteiger partial charge in [0.1, 0.15) is 17.1 Å². The Balaban J connectivity index is 1.64. The molecule has 0 atom stereocenters. The Morgan fingerprint density at radius 3 is 2.50 bits per heavy atom. The first kappa shape index (κ1) is 17.2. The Bertz CT molecular complexity index is 1040. The fourth-order valence-corrected chi connectivity index (χ4v) is 2.33. The van der Waals surface area contributed by atoms with Gasteiger partial charge in [0.2, 0.25) is 0 Å². The van der Waals surface area contributed by atoms with Gasteiger partial charge in [-0.05, 0) is 36.8 Å². The van der Waals surface area contributed by atoms with Crippen LogP contribution in [0.4, 0.5) is 5.69 Å². The number of benzene rings is 2. The third-order valence-corrected chi connectivity index (χ3v) is 3.56. The van der Waals surface area contributed by atoms with E-state index >= 15 is 0 Å². The number of carbonyl (C=O) groups excluding carboxylic acids is 1. The third-order valence-electron chi connectivity index (χ3n) is 3.56. The van der Waals surface area contributed by atoms with Crippen LogP contribution in [0.5, 0.6) is 11.5 Å². The molecule has 0 bridgehead atoms. The second-order valence-corrected chi connectivity index (χ2v) is 5.42. The van der Waals surface area contributed by atoms with Gasteiger partial charge in [-0.2, -0.15) is 0 Å². The molecule has 8 nitrogen and oxygen atoms in total. The normalized spacial score (nSPS) is 10.5. The summed E-state index contributed by atoms with van der Waals surface area (Å²) in [5, 5.41) is 11.3. The maximum atomic E-state index is 11.8. The third kappa shape index (κ3) is 3.86. The van der Waals surface area contributed by atoms with Gasteiger partial charge >= 0.3 is 11.6 Å². The van der Waals surface area contributed by atoms with Crippen molar-refractivity contribution in [1.82, 2.24) is 0 Å². The summed E-state index contributed by atoms with van der Waals surface area (Å²) in [6, 6.07) is 11.4. The molecule has 3 aromatic rings. The zero-order chi connectivity index (χ0) is 18.7. The van der Waals surface area contributed by atoms with Crippen molar-refractivity contribution in [1.29, 1.82) is 0 Å². The lowest BCUT2D eigenvalue weighted by Crippen LogP contribution is -2.17. The number of ether oxygens (including phenoxy) is 2. The van der Waals surface area contributed by atoms with E-state index in [0.717, 1.165) is 10.9 Å². The van der Waals surface area contributed by atoms with Crippen LogP contribution in [0.15, 0.2) is 57.7 Å². The number of nitrogens with zero attached hydrogens (tertiary/aromatic N) is 1. The standard InChI is InChI=1S/C18H13NO7/c1-11-8-17(20)26-16-9-14(6-7-15(11)16)24-10-18(21)25-13-4-2-12(3-5-13)19(22)23/h2-9H,10H2,1H3. The predicted molar refractivity (Wildman–Crippen MR) is 91.4 cm³/mol. The second kappa shape index (κ2) is 7.06. The molecule has 0 unspecified atom stereocenters. The summed E-state index contributed by atoms with van der Waals surface area (Å²) in [5.74, 6) is -0.166. The summed E-state index contributed by atoms with van der Waals surface area (Å²) in [7, 11) is 0. The van der Waals surface area contributed by atoms with Crippen LogP contribution in [0.1, 0.15) is 5.56 Å². The zero-order valence-corrected chi connectivity index (χ0v) is 13.6. The van der Waals surface area contributed by atoms with Crippen LogP contribution in [0.25, 0.3) is 11.0 Å². The van der Waals surface area contributed by atoms with E-state index in [4.69, 9.17) is 13.9 Å². The van der Waals surface area contributed by atoms with Crippen LogP contribution in [0.3, 0.4) is 0 Å². The van der Waals surface area contributed by atoms with Crippen LogP contribution >= 0.6 is 0 Å². The van der Waals surface area contributed by atoms with Crippen LogP contribution in [-0.2, 0) is 4.79 Å². The molecule has 0 amide bonds. The minimum atomic E-state index is -0.676. The highest BCUT2D eigenvalue weighted by atomic mass is 16.6. The first-order valence-corrected chi connectivity index (χ1v) is 7.55. The van der Waals surface area contributed by atoms with Gasteiger partial charge in [0.15, 0.2) is 6.61 Å². The van der Waals surface area contributed by atoms with Crippen LogP contribution in [0, 0.1) is 17.0 Å². The first-order valence-electron chi connectivity index (χ1n) is 7.55. The van der Waals surface area contributed by atoms with Gasteiger partial charge in [0.05, 0.1) is 4.92 Å². The molecule has 0 aliphatic heterocycles. The summed E-state index contributed by atoms with van der Waals surface area (Å²) in [6.45, 7) is 1.42. The summed E-state index contributed by atoms with van der Waals surface area (Å²) in [6.07, 6.45) is 0. The van der Waals surface area contributed by atoms with Crippen LogP contribution in [0.2, 0.25) is 0 Å². The molecule has 0 aliphatic rings. The molecule has 0 saturated heterocycles. The minimum Gasteiger partial charge on any atom is -0.482 e. The van der Waals surface area contributed by atoms with Gasteiger partial charge in [-0.15, -0.1) is 0 Å². The van der Waals surface area contributed by atoms with E-state index in [1.807, 2.05) is 0 Å². The summed E-state index contributed by atoms with van der Waals surface area (Å²) in [5.41, 5.74) is 0.565. The number of carbonyl (C=O) groups is 1. The first-order chi connectivity index (χ1) is 12.4. The van der Waals surface area contributed by atoms with Crippen molar-refractivity contribution < 1.29 is 23.6 Å². The molecule has 1 aromatic heterocycles. The van der Waals surface area contributed by atoms with E-state index in [0.29, 0.717) is 11.3 Å². The average Bonchev–Trinajstić information content (AvgIpc) is 2.60. The fraction of sp³-hybridized carbons (Fsp3) is 0.111. The van der Waals surface area contributed by atoms with Gasteiger partial charge in [0, 0.05) is 29.7 Å². The molecule has 2 aromatic carbocycles. The fourth-order valence-electron chi connectivity index (χ4n) is 2.33. The minimum absolute atomic E-state index is 0.103. The molecular formula is C18H13NO7. The van der Waals surface area contributed by atoms with Crippen LogP contribution < -0.4 is 15.1 Å². The summed E-state index contributed by atoms with van der Waals surface area (Å²) >= 11 is 0. The molecule has 8 heteroatoms. The number of aryl methyl sites for hydroxylation is 1. The van der Waals surface area contributed by atoms with Crippen molar-refractivity contribution in [3.63, 3.8) is 0 Å². The largest absolute Gasteiger partial charge is 0.482 e. The zero-order valence-electron chi connectivity index (χ0n) is 13.6.